The molecule has 102 valence electrons. The van der Waals surface area contributed by atoms with Gasteiger partial charge in [0.25, 0.3) is 0 Å². The van der Waals surface area contributed by atoms with E-state index in [0.29, 0.717) is 5.75 Å². The lowest BCUT2D eigenvalue weighted by Gasteiger charge is -2.02. The zero-order valence-corrected chi connectivity index (χ0v) is 11.2. The summed E-state index contributed by atoms with van der Waals surface area (Å²) in [6, 6.07) is 13.2. The number of benzene rings is 2. The molecule has 0 amide bonds. The van der Waals surface area contributed by atoms with Crippen molar-refractivity contribution in [3.8, 4) is 5.75 Å². The summed E-state index contributed by atoms with van der Waals surface area (Å²) in [6.07, 6.45) is 3.85. The van der Waals surface area contributed by atoms with Gasteiger partial charge in [-0.1, -0.05) is 31.2 Å². The van der Waals surface area contributed by atoms with Gasteiger partial charge in [0.05, 0.1) is 0 Å². The van der Waals surface area contributed by atoms with E-state index in [4.69, 9.17) is 4.74 Å². The van der Waals surface area contributed by atoms with Crippen molar-refractivity contribution in [1.82, 2.24) is 0 Å². The molecular formula is C17H15FO2. The molecule has 0 fully saturated rings. The van der Waals surface area contributed by atoms with Crippen LogP contribution in [0.15, 0.2) is 54.6 Å². The lowest BCUT2D eigenvalue weighted by molar-refractivity contribution is -0.128. The molecule has 20 heavy (non-hydrogen) atoms. The Balaban J connectivity index is 1.96. The van der Waals surface area contributed by atoms with Gasteiger partial charge in [0.1, 0.15) is 11.6 Å². The predicted octanol–water partition coefficient (Wildman–Crippen LogP) is 4.01. The largest absolute Gasteiger partial charge is 0.423 e. The summed E-state index contributed by atoms with van der Waals surface area (Å²) in [4.78, 5) is 11.6. The monoisotopic (exact) mass is 270 g/mol. The van der Waals surface area contributed by atoms with Gasteiger partial charge in [-0.3, -0.25) is 0 Å². The maximum Gasteiger partial charge on any atom is 0.336 e. The highest BCUT2D eigenvalue weighted by molar-refractivity contribution is 5.88. The van der Waals surface area contributed by atoms with E-state index in [1.165, 1.54) is 23.8 Å². The van der Waals surface area contributed by atoms with E-state index >= 15 is 0 Å². The minimum atomic E-state index is -0.460. The average Bonchev–Trinajstić information content (AvgIpc) is 2.47. The van der Waals surface area contributed by atoms with Crippen LogP contribution in [-0.2, 0) is 11.2 Å². The zero-order chi connectivity index (χ0) is 14.4. The Kier molecular flexibility index (Phi) is 4.66. The Morgan fingerprint density at radius 1 is 1.10 bits per heavy atom. The molecule has 2 aromatic carbocycles. The molecule has 0 saturated heterocycles. The van der Waals surface area contributed by atoms with E-state index in [1.807, 2.05) is 12.1 Å². The molecule has 2 aromatic rings. The van der Waals surface area contributed by atoms with Crippen LogP contribution in [0.3, 0.4) is 0 Å². The van der Waals surface area contributed by atoms with Crippen LogP contribution in [0, 0.1) is 5.82 Å². The van der Waals surface area contributed by atoms with Crippen molar-refractivity contribution in [2.45, 2.75) is 13.3 Å². The van der Waals surface area contributed by atoms with Crippen molar-refractivity contribution in [1.29, 1.82) is 0 Å². The molecular weight excluding hydrogens is 255 g/mol. The number of hydrogen-bond donors (Lipinski definition) is 0. The van der Waals surface area contributed by atoms with Gasteiger partial charge >= 0.3 is 5.97 Å². The van der Waals surface area contributed by atoms with E-state index in [-0.39, 0.29) is 5.82 Å². The standard InChI is InChI=1S/C17H15FO2/c1-2-13-5-10-16(11-6-13)20-17(19)12-7-14-3-8-15(18)9-4-14/h3-12H,2H2,1H3/b12-7+. The molecule has 0 aliphatic heterocycles. The molecule has 0 aliphatic carbocycles. The first-order valence-corrected chi connectivity index (χ1v) is 6.42. The van der Waals surface area contributed by atoms with Crippen LogP contribution in [-0.4, -0.2) is 5.97 Å². The first-order chi connectivity index (χ1) is 9.67. The topological polar surface area (TPSA) is 26.3 Å². The highest BCUT2D eigenvalue weighted by Gasteiger charge is 2.00. The second-order valence-corrected chi connectivity index (χ2v) is 4.30. The van der Waals surface area contributed by atoms with E-state index in [2.05, 4.69) is 6.92 Å². The van der Waals surface area contributed by atoms with E-state index < -0.39 is 5.97 Å². The number of halogens is 1. The van der Waals surface area contributed by atoms with Crippen LogP contribution in [0.25, 0.3) is 6.08 Å². The van der Waals surface area contributed by atoms with Gasteiger partial charge in [-0.05, 0) is 47.9 Å². The number of carbonyl (C=O) groups is 1. The number of esters is 1. The van der Waals surface area contributed by atoms with Crippen LogP contribution < -0.4 is 4.74 Å². The van der Waals surface area contributed by atoms with E-state index in [9.17, 15) is 9.18 Å². The molecule has 3 heteroatoms. The lowest BCUT2D eigenvalue weighted by Crippen LogP contribution is -2.03. The number of carbonyl (C=O) groups excluding carboxylic acids is 1. The molecule has 0 aliphatic rings. The average molecular weight is 270 g/mol. The van der Waals surface area contributed by atoms with Gasteiger partial charge in [0, 0.05) is 6.08 Å². The van der Waals surface area contributed by atoms with Crippen molar-refractivity contribution >= 4 is 12.0 Å². The Hall–Kier alpha value is -2.42. The highest BCUT2D eigenvalue weighted by atomic mass is 19.1. The fraction of sp³-hybridized carbons (Fsp3) is 0.118. The minimum absolute atomic E-state index is 0.305. The summed E-state index contributed by atoms with van der Waals surface area (Å²) in [5.74, 6) is -0.254. The van der Waals surface area contributed by atoms with Gasteiger partial charge in [-0.2, -0.15) is 0 Å². The molecule has 0 N–H and O–H groups in total. The molecule has 0 atom stereocenters. The molecule has 0 heterocycles. The second-order valence-electron chi connectivity index (χ2n) is 4.30. The molecule has 2 rings (SSSR count). The fourth-order valence-corrected chi connectivity index (χ4v) is 1.68. The van der Waals surface area contributed by atoms with Crippen LogP contribution in [0.4, 0.5) is 4.39 Å². The third kappa shape index (κ3) is 4.05. The van der Waals surface area contributed by atoms with Crippen LogP contribution >= 0.6 is 0 Å². The van der Waals surface area contributed by atoms with Gasteiger partial charge in [0.15, 0.2) is 0 Å². The summed E-state index contributed by atoms with van der Waals surface area (Å²) in [5.41, 5.74) is 1.93. The third-order valence-electron chi connectivity index (χ3n) is 2.83. The summed E-state index contributed by atoms with van der Waals surface area (Å²) in [6.45, 7) is 2.06. The normalized spacial score (nSPS) is 10.7. The highest BCUT2D eigenvalue weighted by Crippen LogP contribution is 2.13. The van der Waals surface area contributed by atoms with Crippen LogP contribution in [0.1, 0.15) is 18.1 Å². The molecule has 0 saturated carbocycles. The van der Waals surface area contributed by atoms with E-state index in [1.54, 1.807) is 30.3 Å². The molecule has 0 unspecified atom stereocenters. The Morgan fingerprint density at radius 3 is 2.35 bits per heavy atom. The summed E-state index contributed by atoms with van der Waals surface area (Å²) >= 11 is 0. The van der Waals surface area contributed by atoms with Crippen molar-refractivity contribution in [3.63, 3.8) is 0 Å². The number of aryl methyl sites for hydroxylation is 1. The third-order valence-corrected chi connectivity index (χ3v) is 2.83. The molecule has 0 aromatic heterocycles. The second kappa shape index (κ2) is 6.66. The molecule has 0 radical (unpaired) electrons. The SMILES string of the molecule is CCc1ccc(OC(=O)/C=C/c2ccc(F)cc2)cc1. The number of hydrogen-bond acceptors (Lipinski definition) is 2. The van der Waals surface area contributed by atoms with Crippen molar-refractivity contribution < 1.29 is 13.9 Å². The lowest BCUT2D eigenvalue weighted by atomic mass is 10.2. The predicted molar refractivity (Wildman–Crippen MR) is 76.9 cm³/mol. The first kappa shape index (κ1) is 14.0. The van der Waals surface area contributed by atoms with Gasteiger partial charge in [-0.25, -0.2) is 9.18 Å². The minimum Gasteiger partial charge on any atom is -0.423 e. The van der Waals surface area contributed by atoms with E-state index in [0.717, 1.165) is 12.0 Å². The van der Waals surface area contributed by atoms with Crippen molar-refractivity contribution in [2.24, 2.45) is 0 Å². The fourth-order valence-electron chi connectivity index (χ4n) is 1.68. The summed E-state index contributed by atoms with van der Waals surface area (Å²) in [5, 5.41) is 0. The van der Waals surface area contributed by atoms with Gasteiger partial charge in [-0.15, -0.1) is 0 Å². The van der Waals surface area contributed by atoms with Crippen LogP contribution in [0.5, 0.6) is 5.75 Å². The Morgan fingerprint density at radius 2 is 1.75 bits per heavy atom. The smallest absolute Gasteiger partial charge is 0.336 e. The molecule has 0 spiro atoms. The van der Waals surface area contributed by atoms with Gasteiger partial charge < -0.3 is 4.74 Å². The molecule has 0 bridgehead atoms. The summed E-state index contributed by atoms with van der Waals surface area (Å²) in [7, 11) is 0. The summed E-state index contributed by atoms with van der Waals surface area (Å²) < 4.78 is 17.9. The van der Waals surface area contributed by atoms with Crippen LogP contribution in [0.2, 0.25) is 0 Å². The zero-order valence-electron chi connectivity index (χ0n) is 11.2. The first-order valence-electron chi connectivity index (χ1n) is 6.42. The number of rotatable bonds is 4. The Bertz CT molecular complexity index is 598. The quantitative estimate of drug-likeness (QED) is 0.477. The van der Waals surface area contributed by atoms with Gasteiger partial charge in [0.2, 0.25) is 0 Å². The number of ether oxygens (including phenoxy) is 1. The van der Waals surface area contributed by atoms with Crippen molar-refractivity contribution in [2.75, 3.05) is 0 Å². The molecule has 2 nitrogen and oxygen atoms in total. The maximum absolute atomic E-state index is 12.7. The maximum atomic E-state index is 12.7. The Labute approximate surface area is 117 Å². The van der Waals surface area contributed by atoms with Crippen molar-refractivity contribution in [3.05, 3.63) is 71.6 Å².